The Bertz CT molecular complexity index is 681. The highest BCUT2D eigenvalue weighted by molar-refractivity contribution is 6.05. The van der Waals surface area contributed by atoms with Gasteiger partial charge in [0, 0.05) is 18.7 Å². The number of phenols is 1. The summed E-state index contributed by atoms with van der Waals surface area (Å²) in [6, 6.07) is 4.95. The van der Waals surface area contributed by atoms with Gasteiger partial charge in [-0.05, 0) is 12.5 Å². The van der Waals surface area contributed by atoms with E-state index in [4.69, 9.17) is 0 Å². The summed E-state index contributed by atoms with van der Waals surface area (Å²) in [5.41, 5.74) is -0.315. The van der Waals surface area contributed by atoms with E-state index in [1.807, 2.05) is 6.92 Å². The molecular weight excluding hydrogens is 276 g/mol. The zero-order valence-corrected chi connectivity index (χ0v) is 11.3. The summed E-state index contributed by atoms with van der Waals surface area (Å²) in [7, 11) is 0. The monoisotopic (exact) mass is 290 g/mol. The van der Waals surface area contributed by atoms with Crippen molar-refractivity contribution in [2.45, 2.75) is 19.9 Å². The predicted octanol–water partition coefficient (Wildman–Crippen LogP) is 2.16. The van der Waals surface area contributed by atoms with Gasteiger partial charge in [0.2, 0.25) is 0 Å². The van der Waals surface area contributed by atoms with Crippen LogP contribution in [0.2, 0.25) is 0 Å². The van der Waals surface area contributed by atoms with E-state index in [1.165, 1.54) is 6.07 Å². The summed E-state index contributed by atoms with van der Waals surface area (Å²) in [5, 5.41) is 27.0. The standard InChI is InChI=1S/C13H14N4O4/c1-2-7-16-12(5-6-14-16)15-13(19)10-4-3-9(17(20)21)8-11(10)18/h3-6,8,18H,2,7H2,1H3,(H,15,19). The number of rotatable bonds is 5. The Morgan fingerprint density at radius 1 is 1.48 bits per heavy atom. The Morgan fingerprint density at radius 2 is 2.24 bits per heavy atom. The number of carbonyl (C=O) groups excluding carboxylic acids is 1. The first-order valence-corrected chi connectivity index (χ1v) is 6.33. The van der Waals surface area contributed by atoms with E-state index in [1.54, 1.807) is 16.9 Å². The van der Waals surface area contributed by atoms with Crippen LogP contribution in [0.3, 0.4) is 0 Å². The number of aryl methyl sites for hydroxylation is 1. The molecule has 0 radical (unpaired) electrons. The van der Waals surface area contributed by atoms with E-state index in [0.717, 1.165) is 18.6 Å². The lowest BCUT2D eigenvalue weighted by Gasteiger charge is -2.08. The SMILES string of the molecule is CCCn1nccc1NC(=O)c1ccc([N+](=O)[O-])cc1O. The number of nitrogens with zero attached hydrogens (tertiary/aromatic N) is 3. The summed E-state index contributed by atoms with van der Waals surface area (Å²) in [5.74, 6) is -0.497. The average Bonchev–Trinajstić information content (AvgIpc) is 2.86. The van der Waals surface area contributed by atoms with Crippen molar-refractivity contribution in [1.29, 1.82) is 0 Å². The third-order valence-corrected chi connectivity index (χ3v) is 2.83. The minimum absolute atomic E-state index is 0.0372. The lowest BCUT2D eigenvalue weighted by Crippen LogP contribution is -2.16. The highest BCUT2D eigenvalue weighted by atomic mass is 16.6. The Labute approximate surface area is 120 Å². The van der Waals surface area contributed by atoms with Crippen molar-refractivity contribution < 1.29 is 14.8 Å². The summed E-state index contributed by atoms with van der Waals surface area (Å²) in [6.45, 7) is 2.63. The van der Waals surface area contributed by atoms with Gasteiger partial charge in [-0.25, -0.2) is 4.68 Å². The number of carbonyl (C=O) groups is 1. The van der Waals surface area contributed by atoms with Gasteiger partial charge >= 0.3 is 0 Å². The maximum atomic E-state index is 12.1. The molecule has 1 heterocycles. The summed E-state index contributed by atoms with van der Waals surface area (Å²) in [6.07, 6.45) is 2.41. The lowest BCUT2D eigenvalue weighted by atomic mass is 10.1. The first kappa shape index (κ1) is 14.5. The second-order valence-corrected chi connectivity index (χ2v) is 4.35. The highest BCUT2D eigenvalue weighted by Gasteiger charge is 2.16. The molecule has 0 aliphatic heterocycles. The molecule has 0 aliphatic rings. The third-order valence-electron chi connectivity index (χ3n) is 2.83. The molecule has 2 rings (SSSR count). The molecule has 0 spiro atoms. The molecule has 0 saturated heterocycles. The fraction of sp³-hybridized carbons (Fsp3) is 0.231. The van der Waals surface area contributed by atoms with Gasteiger partial charge in [0.25, 0.3) is 11.6 Å². The fourth-order valence-electron chi connectivity index (χ4n) is 1.84. The van der Waals surface area contributed by atoms with Gasteiger partial charge in [-0.3, -0.25) is 14.9 Å². The highest BCUT2D eigenvalue weighted by Crippen LogP contribution is 2.24. The molecule has 1 aromatic heterocycles. The quantitative estimate of drug-likeness (QED) is 0.647. The van der Waals surface area contributed by atoms with Crippen molar-refractivity contribution in [3.05, 3.63) is 46.1 Å². The predicted molar refractivity (Wildman–Crippen MR) is 75.2 cm³/mol. The molecule has 8 heteroatoms. The lowest BCUT2D eigenvalue weighted by molar-refractivity contribution is -0.384. The summed E-state index contributed by atoms with van der Waals surface area (Å²) < 4.78 is 1.63. The van der Waals surface area contributed by atoms with Crippen molar-refractivity contribution >= 4 is 17.4 Å². The molecule has 0 saturated carbocycles. The molecule has 2 N–H and O–H groups in total. The van der Waals surface area contributed by atoms with E-state index in [9.17, 15) is 20.0 Å². The van der Waals surface area contributed by atoms with Crippen LogP contribution in [0.5, 0.6) is 5.75 Å². The molecule has 0 aliphatic carbocycles. The average molecular weight is 290 g/mol. The normalized spacial score (nSPS) is 10.3. The van der Waals surface area contributed by atoms with Gasteiger partial charge in [0.05, 0.1) is 22.7 Å². The molecular formula is C13H14N4O4. The van der Waals surface area contributed by atoms with Crippen LogP contribution in [-0.4, -0.2) is 25.7 Å². The molecule has 2 aromatic rings. The van der Waals surface area contributed by atoms with Gasteiger partial charge in [-0.1, -0.05) is 6.92 Å². The molecule has 0 fully saturated rings. The number of aromatic nitrogens is 2. The fourth-order valence-corrected chi connectivity index (χ4v) is 1.84. The number of nitro benzene ring substituents is 1. The molecule has 110 valence electrons. The number of anilines is 1. The van der Waals surface area contributed by atoms with Gasteiger partial charge in [-0.15, -0.1) is 0 Å². The van der Waals surface area contributed by atoms with Crippen LogP contribution in [0, 0.1) is 10.1 Å². The number of phenolic OH excluding ortho intramolecular Hbond substituents is 1. The smallest absolute Gasteiger partial charge is 0.273 e. The van der Waals surface area contributed by atoms with Gasteiger partial charge in [0.15, 0.2) is 0 Å². The van der Waals surface area contributed by atoms with E-state index in [-0.39, 0.29) is 11.3 Å². The van der Waals surface area contributed by atoms with E-state index in [0.29, 0.717) is 12.4 Å². The van der Waals surface area contributed by atoms with Gasteiger partial charge in [-0.2, -0.15) is 5.10 Å². The molecule has 8 nitrogen and oxygen atoms in total. The number of non-ortho nitro benzene ring substituents is 1. The second kappa shape index (κ2) is 6.04. The zero-order chi connectivity index (χ0) is 15.4. The first-order valence-electron chi connectivity index (χ1n) is 6.33. The van der Waals surface area contributed by atoms with Crippen molar-refractivity contribution in [2.75, 3.05) is 5.32 Å². The molecule has 1 amide bonds. The van der Waals surface area contributed by atoms with Crippen molar-refractivity contribution in [3.63, 3.8) is 0 Å². The Kier molecular flexibility index (Phi) is 4.17. The van der Waals surface area contributed by atoms with Crippen molar-refractivity contribution in [2.24, 2.45) is 0 Å². The molecule has 0 unspecified atom stereocenters. The van der Waals surface area contributed by atoms with Crippen LogP contribution in [0.15, 0.2) is 30.5 Å². The summed E-state index contributed by atoms with van der Waals surface area (Å²) in [4.78, 5) is 22.0. The van der Waals surface area contributed by atoms with Crippen LogP contribution in [0.25, 0.3) is 0 Å². The zero-order valence-electron chi connectivity index (χ0n) is 11.3. The topological polar surface area (TPSA) is 110 Å². The van der Waals surface area contributed by atoms with Crippen LogP contribution in [0.4, 0.5) is 11.5 Å². The van der Waals surface area contributed by atoms with Crippen molar-refractivity contribution in [1.82, 2.24) is 9.78 Å². The number of hydrogen-bond acceptors (Lipinski definition) is 5. The number of nitro groups is 1. The Morgan fingerprint density at radius 3 is 2.86 bits per heavy atom. The molecule has 1 aromatic carbocycles. The van der Waals surface area contributed by atoms with E-state index in [2.05, 4.69) is 10.4 Å². The number of aromatic hydroxyl groups is 1. The molecule has 21 heavy (non-hydrogen) atoms. The minimum Gasteiger partial charge on any atom is -0.507 e. The first-order chi connectivity index (χ1) is 10.0. The van der Waals surface area contributed by atoms with E-state index >= 15 is 0 Å². The van der Waals surface area contributed by atoms with Gasteiger partial charge < -0.3 is 10.4 Å². The van der Waals surface area contributed by atoms with Crippen LogP contribution >= 0.6 is 0 Å². The Balaban J connectivity index is 2.20. The van der Waals surface area contributed by atoms with Crippen LogP contribution in [0.1, 0.15) is 23.7 Å². The van der Waals surface area contributed by atoms with Crippen LogP contribution in [-0.2, 0) is 6.54 Å². The minimum atomic E-state index is -0.641. The number of benzene rings is 1. The van der Waals surface area contributed by atoms with Gasteiger partial charge in [0.1, 0.15) is 11.6 Å². The third kappa shape index (κ3) is 3.16. The summed E-state index contributed by atoms with van der Waals surface area (Å²) >= 11 is 0. The number of nitrogens with one attached hydrogen (secondary N) is 1. The largest absolute Gasteiger partial charge is 0.507 e. The number of hydrogen-bond donors (Lipinski definition) is 2. The van der Waals surface area contributed by atoms with Crippen LogP contribution < -0.4 is 5.32 Å². The molecule has 0 atom stereocenters. The van der Waals surface area contributed by atoms with Crippen molar-refractivity contribution in [3.8, 4) is 5.75 Å². The molecule has 0 bridgehead atoms. The second-order valence-electron chi connectivity index (χ2n) is 4.35. The number of amides is 1. The van der Waals surface area contributed by atoms with E-state index < -0.39 is 16.6 Å². The maximum Gasteiger partial charge on any atom is 0.273 e. The Hall–Kier alpha value is -2.90. The maximum absolute atomic E-state index is 12.1.